The topological polar surface area (TPSA) is 47.6 Å². The van der Waals surface area contributed by atoms with E-state index in [1.165, 1.54) is 18.2 Å². The number of carbonyl (C=O) groups is 1. The zero-order valence-corrected chi connectivity index (χ0v) is 15.3. The van der Waals surface area contributed by atoms with Gasteiger partial charge in [-0.15, -0.1) is 0 Å². The van der Waals surface area contributed by atoms with Crippen LogP contribution in [-0.2, 0) is 0 Å². The molecule has 0 bridgehead atoms. The standard InChI is InChI=1S/C17H26ClFN4O/c1-17(2,6-7-23-10-8-22(3)9-11-23)21-16(24)20-15-5-4-13(19)12-14(15)18/h4-5,12H,6-11H2,1-3H3,(H2,20,21,24). The first-order chi connectivity index (χ1) is 11.2. The van der Waals surface area contributed by atoms with Gasteiger partial charge in [0.15, 0.2) is 0 Å². The molecule has 0 radical (unpaired) electrons. The van der Waals surface area contributed by atoms with E-state index in [9.17, 15) is 9.18 Å². The minimum absolute atomic E-state index is 0.181. The number of urea groups is 1. The van der Waals surface area contributed by atoms with Crippen LogP contribution < -0.4 is 10.6 Å². The SMILES string of the molecule is CN1CCN(CCC(C)(C)NC(=O)Nc2ccc(F)cc2Cl)CC1. The molecule has 0 atom stereocenters. The molecule has 1 heterocycles. The Bertz CT molecular complexity index is 574. The van der Waals surface area contributed by atoms with Gasteiger partial charge >= 0.3 is 6.03 Å². The van der Waals surface area contributed by atoms with Crippen LogP contribution in [0.25, 0.3) is 0 Å². The summed E-state index contributed by atoms with van der Waals surface area (Å²) in [5.74, 6) is -0.432. The van der Waals surface area contributed by atoms with E-state index in [4.69, 9.17) is 11.6 Å². The minimum Gasteiger partial charge on any atom is -0.333 e. The van der Waals surface area contributed by atoms with Gasteiger partial charge in [-0.25, -0.2) is 9.18 Å². The lowest BCUT2D eigenvalue weighted by Gasteiger charge is -2.35. The number of amides is 2. The molecule has 1 saturated heterocycles. The molecule has 2 N–H and O–H groups in total. The Morgan fingerprint density at radius 2 is 1.96 bits per heavy atom. The van der Waals surface area contributed by atoms with Gasteiger partial charge in [0, 0.05) is 38.3 Å². The Kier molecular flexibility index (Phi) is 6.43. The highest BCUT2D eigenvalue weighted by molar-refractivity contribution is 6.33. The zero-order chi connectivity index (χ0) is 17.7. The van der Waals surface area contributed by atoms with Crippen molar-refractivity contribution in [3.8, 4) is 0 Å². The van der Waals surface area contributed by atoms with Crippen molar-refractivity contribution in [1.82, 2.24) is 15.1 Å². The zero-order valence-electron chi connectivity index (χ0n) is 14.5. The van der Waals surface area contributed by atoms with Crippen molar-refractivity contribution in [3.63, 3.8) is 0 Å². The molecular formula is C17H26ClFN4O. The fourth-order valence-electron chi connectivity index (χ4n) is 2.62. The number of benzene rings is 1. The number of likely N-dealkylation sites (N-methyl/N-ethyl adjacent to an activating group) is 1. The molecule has 1 aliphatic rings. The number of carbonyl (C=O) groups excluding carboxylic acids is 1. The Hall–Kier alpha value is -1.37. The molecule has 0 unspecified atom stereocenters. The molecule has 134 valence electrons. The molecule has 2 rings (SSSR count). The van der Waals surface area contributed by atoms with Crippen molar-refractivity contribution in [1.29, 1.82) is 0 Å². The fourth-order valence-corrected chi connectivity index (χ4v) is 2.84. The molecule has 24 heavy (non-hydrogen) atoms. The summed E-state index contributed by atoms with van der Waals surface area (Å²) < 4.78 is 13.0. The third-order valence-electron chi connectivity index (χ3n) is 4.28. The van der Waals surface area contributed by atoms with Gasteiger partial charge in [0.05, 0.1) is 10.7 Å². The van der Waals surface area contributed by atoms with E-state index in [-0.39, 0.29) is 16.6 Å². The molecule has 1 aromatic carbocycles. The maximum absolute atomic E-state index is 13.0. The van der Waals surface area contributed by atoms with Crippen molar-refractivity contribution in [3.05, 3.63) is 29.0 Å². The first-order valence-electron chi connectivity index (χ1n) is 8.20. The highest BCUT2D eigenvalue weighted by Gasteiger charge is 2.23. The molecule has 2 amide bonds. The van der Waals surface area contributed by atoms with Gasteiger partial charge in [0.25, 0.3) is 0 Å². The number of halogens is 2. The van der Waals surface area contributed by atoms with E-state index in [0.717, 1.165) is 39.1 Å². The fraction of sp³-hybridized carbons (Fsp3) is 0.588. The van der Waals surface area contributed by atoms with E-state index in [1.54, 1.807) is 0 Å². The smallest absolute Gasteiger partial charge is 0.319 e. The number of nitrogens with one attached hydrogen (secondary N) is 2. The van der Waals surface area contributed by atoms with Gasteiger partial charge in [0.1, 0.15) is 5.82 Å². The number of hydrogen-bond acceptors (Lipinski definition) is 3. The van der Waals surface area contributed by atoms with Gasteiger partial charge in [-0.3, -0.25) is 0 Å². The summed E-state index contributed by atoms with van der Waals surface area (Å²) >= 11 is 5.93. The molecule has 1 fully saturated rings. The highest BCUT2D eigenvalue weighted by atomic mass is 35.5. The monoisotopic (exact) mass is 356 g/mol. The van der Waals surface area contributed by atoms with E-state index >= 15 is 0 Å². The lowest BCUT2D eigenvalue weighted by molar-refractivity contribution is 0.143. The summed E-state index contributed by atoms with van der Waals surface area (Å²) in [5, 5.41) is 5.80. The van der Waals surface area contributed by atoms with Crippen LogP contribution in [-0.4, -0.2) is 61.1 Å². The van der Waals surface area contributed by atoms with Crippen LogP contribution in [0.3, 0.4) is 0 Å². The molecule has 1 aliphatic heterocycles. The van der Waals surface area contributed by atoms with Crippen LogP contribution in [0, 0.1) is 5.82 Å². The largest absolute Gasteiger partial charge is 0.333 e. The van der Waals surface area contributed by atoms with Crippen molar-refractivity contribution in [2.75, 3.05) is 45.1 Å². The van der Waals surface area contributed by atoms with E-state index in [1.807, 2.05) is 13.8 Å². The Labute approximate surface area is 148 Å². The van der Waals surface area contributed by atoms with Crippen LogP contribution in [0.15, 0.2) is 18.2 Å². The first kappa shape index (κ1) is 19.0. The summed E-state index contributed by atoms with van der Waals surface area (Å²) in [7, 11) is 2.13. The van der Waals surface area contributed by atoms with Crippen molar-refractivity contribution >= 4 is 23.3 Å². The van der Waals surface area contributed by atoms with E-state index in [0.29, 0.717) is 5.69 Å². The predicted molar refractivity (Wildman–Crippen MR) is 96.2 cm³/mol. The number of rotatable bonds is 5. The molecule has 5 nitrogen and oxygen atoms in total. The number of anilines is 1. The van der Waals surface area contributed by atoms with Gasteiger partial charge in [-0.05, 0) is 45.5 Å². The van der Waals surface area contributed by atoms with Crippen LogP contribution in [0.5, 0.6) is 0 Å². The molecule has 0 spiro atoms. The summed E-state index contributed by atoms with van der Waals surface area (Å²) in [6.07, 6.45) is 0.848. The highest BCUT2D eigenvalue weighted by Crippen LogP contribution is 2.22. The molecule has 1 aromatic rings. The summed E-state index contributed by atoms with van der Waals surface area (Å²) in [5.41, 5.74) is 0.0466. The maximum Gasteiger partial charge on any atom is 0.319 e. The van der Waals surface area contributed by atoms with Gasteiger partial charge in [-0.1, -0.05) is 11.6 Å². The van der Waals surface area contributed by atoms with Crippen molar-refractivity contribution in [2.45, 2.75) is 25.8 Å². The molecule has 7 heteroatoms. The average Bonchev–Trinajstić information content (AvgIpc) is 2.49. The Balaban J connectivity index is 1.80. The Morgan fingerprint density at radius 1 is 1.29 bits per heavy atom. The number of hydrogen-bond donors (Lipinski definition) is 2. The van der Waals surface area contributed by atoms with Crippen LogP contribution in [0.1, 0.15) is 20.3 Å². The second-order valence-electron chi connectivity index (χ2n) is 6.98. The average molecular weight is 357 g/mol. The van der Waals surface area contributed by atoms with Crippen LogP contribution >= 0.6 is 11.6 Å². The van der Waals surface area contributed by atoms with Crippen LogP contribution in [0.4, 0.5) is 14.9 Å². The minimum atomic E-state index is -0.432. The summed E-state index contributed by atoms with van der Waals surface area (Å²) in [4.78, 5) is 16.9. The molecule has 0 saturated carbocycles. The number of piperazine rings is 1. The summed E-state index contributed by atoms with van der Waals surface area (Å²) in [6, 6.07) is 3.55. The third-order valence-corrected chi connectivity index (χ3v) is 4.59. The normalized spacial score (nSPS) is 16.9. The van der Waals surface area contributed by atoms with Gasteiger partial charge < -0.3 is 20.4 Å². The lowest BCUT2D eigenvalue weighted by Crippen LogP contribution is -2.50. The predicted octanol–water partition coefficient (Wildman–Crippen LogP) is 3.02. The third kappa shape index (κ3) is 5.92. The summed E-state index contributed by atoms with van der Waals surface area (Å²) in [6.45, 7) is 9.21. The second-order valence-corrected chi connectivity index (χ2v) is 7.39. The molecule has 0 aromatic heterocycles. The maximum atomic E-state index is 13.0. The van der Waals surface area contributed by atoms with E-state index in [2.05, 4.69) is 27.5 Å². The molecule has 0 aliphatic carbocycles. The van der Waals surface area contributed by atoms with Crippen molar-refractivity contribution < 1.29 is 9.18 Å². The number of nitrogens with zero attached hydrogens (tertiary/aromatic N) is 2. The van der Waals surface area contributed by atoms with Crippen molar-refractivity contribution in [2.24, 2.45) is 0 Å². The first-order valence-corrected chi connectivity index (χ1v) is 8.58. The van der Waals surface area contributed by atoms with Gasteiger partial charge in [-0.2, -0.15) is 0 Å². The Morgan fingerprint density at radius 3 is 2.58 bits per heavy atom. The lowest BCUT2D eigenvalue weighted by atomic mass is 10.0. The quantitative estimate of drug-likeness (QED) is 0.852. The second kappa shape index (κ2) is 8.14. The molecular weight excluding hydrogens is 331 g/mol. The van der Waals surface area contributed by atoms with Gasteiger partial charge in [0.2, 0.25) is 0 Å². The van der Waals surface area contributed by atoms with E-state index < -0.39 is 5.82 Å². The van der Waals surface area contributed by atoms with Crippen LogP contribution in [0.2, 0.25) is 5.02 Å².